The largest absolute Gasteiger partial charge is 0.497 e. The lowest BCUT2D eigenvalue weighted by Crippen LogP contribution is -1.99. The van der Waals surface area contributed by atoms with Gasteiger partial charge in [-0.25, -0.2) is 15.0 Å². The number of nitrogens with zero attached hydrogens (tertiary/aromatic N) is 3. The van der Waals surface area contributed by atoms with Crippen molar-refractivity contribution in [2.75, 3.05) is 12.8 Å². The first kappa shape index (κ1) is 12.6. The predicted octanol–water partition coefficient (Wildman–Crippen LogP) is 2.94. The number of nitrogens with two attached hydrogens (primary N) is 1. The minimum absolute atomic E-state index is 0.201. The number of pyridine rings is 1. The van der Waals surface area contributed by atoms with E-state index < -0.39 is 0 Å². The van der Waals surface area contributed by atoms with Crippen molar-refractivity contribution in [3.8, 4) is 17.0 Å². The molecular weight excluding hydrogens is 276 g/mol. The van der Waals surface area contributed by atoms with Crippen LogP contribution in [0.4, 0.5) is 5.95 Å². The van der Waals surface area contributed by atoms with Gasteiger partial charge in [0, 0.05) is 5.56 Å². The highest BCUT2D eigenvalue weighted by molar-refractivity contribution is 6.29. The summed E-state index contributed by atoms with van der Waals surface area (Å²) in [4.78, 5) is 12.7. The van der Waals surface area contributed by atoms with Crippen LogP contribution in [0.15, 0.2) is 36.4 Å². The zero-order valence-corrected chi connectivity index (χ0v) is 11.4. The minimum atomic E-state index is 0.201. The van der Waals surface area contributed by atoms with E-state index in [9.17, 15) is 0 Å². The van der Waals surface area contributed by atoms with Gasteiger partial charge >= 0.3 is 0 Å². The van der Waals surface area contributed by atoms with E-state index in [0.717, 1.165) is 11.3 Å². The van der Waals surface area contributed by atoms with E-state index in [-0.39, 0.29) is 5.95 Å². The number of hydrogen-bond donors (Lipinski definition) is 1. The van der Waals surface area contributed by atoms with Crippen LogP contribution in [0.3, 0.4) is 0 Å². The molecule has 100 valence electrons. The zero-order chi connectivity index (χ0) is 14.1. The van der Waals surface area contributed by atoms with E-state index in [4.69, 9.17) is 22.1 Å². The summed E-state index contributed by atoms with van der Waals surface area (Å²) in [5.41, 5.74) is 8.56. The second-order valence-electron chi connectivity index (χ2n) is 4.16. The summed E-state index contributed by atoms with van der Waals surface area (Å²) in [5.74, 6) is 0.971. The summed E-state index contributed by atoms with van der Waals surface area (Å²) in [6.07, 6.45) is 0. The quantitative estimate of drug-likeness (QED) is 0.733. The van der Waals surface area contributed by atoms with Crippen molar-refractivity contribution < 1.29 is 4.74 Å². The third-order valence-corrected chi connectivity index (χ3v) is 3.10. The molecule has 0 fully saturated rings. The van der Waals surface area contributed by atoms with Crippen molar-refractivity contribution in [2.24, 2.45) is 0 Å². The number of nitrogen functional groups attached to an aromatic ring is 1. The molecule has 0 aliphatic carbocycles. The van der Waals surface area contributed by atoms with Crippen LogP contribution >= 0.6 is 11.6 Å². The molecule has 0 spiro atoms. The van der Waals surface area contributed by atoms with Crippen LogP contribution in [-0.2, 0) is 0 Å². The van der Waals surface area contributed by atoms with Crippen LogP contribution in [0.2, 0.25) is 5.15 Å². The van der Waals surface area contributed by atoms with Crippen molar-refractivity contribution >= 4 is 28.6 Å². The number of anilines is 1. The number of fused-ring (bicyclic) bond motifs is 1. The second kappa shape index (κ2) is 4.94. The Morgan fingerprint density at radius 3 is 2.45 bits per heavy atom. The van der Waals surface area contributed by atoms with Gasteiger partial charge in [-0.2, -0.15) is 0 Å². The van der Waals surface area contributed by atoms with Gasteiger partial charge in [0.15, 0.2) is 0 Å². The van der Waals surface area contributed by atoms with Gasteiger partial charge in [0.1, 0.15) is 22.1 Å². The fourth-order valence-corrected chi connectivity index (χ4v) is 2.11. The Hall–Kier alpha value is -2.40. The molecule has 0 bridgehead atoms. The summed E-state index contributed by atoms with van der Waals surface area (Å²) >= 11 is 5.95. The number of rotatable bonds is 2. The Morgan fingerprint density at radius 1 is 1.00 bits per heavy atom. The van der Waals surface area contributed by atoms with Gasteiger partial charge in [-0.05, 0) is 36.4 Å². The zero-order valence-electron chi connectivity index (χ0n) is 10.7. The van der Waals surface area contributed by atoms with Gasteiger partial charge < -0.3 is 10.5 Å². The van der Waals surface area contributed by atoms with E-state index in [1.165, 1.54) is 0 Å². The van der Waals surface area contributed by atoms with Gasteiger partial charge in [-0.3, -0.25) is 0 Å². The molecule has 0 atom stereocenters. The monoisotopic (exact) mass is 286 g/mol. The molecule has 0 saturated carbocycles. The lowest BCUT2D eigenvalue weighted by molar-refractivity contribution is 0.415. The molecule has 3 rings (SSSR count). The normalized spacial score (nSPS) is 10.7. The van der Waals surface area contributed by atoms with Gasteiger partial charge in [-0.1, -0.05) is 11.6 Å². The SMILES string of the molecule is COc1ccc(-c2nc(N)nc3ccc(Cl)nc23)cc1. The molecule has 5 nitrogen and oxygen atoms in total. The second-order valence-corrected chi connectivity index (χ2v) is 4.55. The Bertz CT molecular complexity index is 774. The number of ether oxygens (including phenoxy) is 1. The van der Waals surface area contributed by atoms with Crippen molar-refractivity contribution in [1.82, 2.24) is 15.0 Å². The Kier molecular flexibility index (Phi) is 3.12. The summed E-state index contributed by atoms with van der Waals surface area (Å²) in [6.45, 7) is 0. The van der Waals surface area contributed by atoms with E-state index in [1.54, 1.807) is 19.2 Å². The number of aromatic nitrogens is 3. The Morgan fingerprint density at radius 2 is 1.75 bits per heavy atom. The lowest BCUT2D eigenvalue weighted by Gasteiger charge is -2.07. The van der Waals surface area contributed by atoms with E-state index >= 15 is 0 Å². The topological polar surface area (TPSA) is 73.9 Å². The third kappa shape index (κ3) is 2.23. The van der Waals surface area contributed by atoms with E-state index in [2.05, 4.69) is 15.0 Å². The fraction of sp³-hybridized carbons (Fsp3) is 0.0714. The average molecular weight is 287 g/mol. The highest BCUT2D eigenvalue weighted by atomic mass is 35.5. The fourth-order valence-electron chi connectivity index (χ4n) is 1.96. The molecule has 2 aromatic heterocycles. The first-order valence-electron chi connectivity index (χ1n) is 5.91. The van der Waals surface area contributed by atoms with Crippen LogP contribution in [-0.4, -0.2) is 22.1 Å². The predicted molar refractivity (Wildman–Crippen MR) is 78.7 cm³/mol. The molecule has 0 amide bonds. The van der Waals surface area contributed by atoms with Gasteiger partial charge in [0.25, 0.3) is 0 Å². The maximum Gasteiger partial charge on any atom is 0.221 e. The van der Waals surface area contributed by atoms with E-state index in [0.29, 0.717) is 21.9 Å². The molecule has 0 radical (unpaired) electrons. The van der Waals surface area contributed by atoms with Crippen molar-refractivity contribution in [3.05, 3.63) is 41.6 Å². The molecule has 3 aromatic rings. The van der Waals surface area contributed by atoms with E-state index in [1.807, 2.05) is 24.3 Å². The third-order valence-electron chi connectivity index (χ3n) is 2.89. The van der Waals surface area contributed by atoms with Crippen molar-refractivity contribution in [3.63, 3.8) is 0 Å². The highest BCUT2D eigenvalue weighted by Crippen LogP contribution is 2.27. The molecule has 6 heteroatoms. The summed E-state index contributed by atoms with van der Waals surface area (Å²) < 4.78 is 5.14. The van der Waals surface area contributed by atoms with Crippen molar-refractivity contribution in [2.45, 2.75) is 0 Å². The molecule has 0 aliphatic rings. The Balaban J connectivity index is 2.25. The van der Waals surface area contributed by atoms with Crippen LogP contribution in [0.1, 0.15) is 0 Å². The molecule has 0 aliphatic heterocycles. The number of hydrogen-bond acceptors (Lipinski definition) is 5. The van der Waals surface area contributed by atoms with Crippen LogP contribution in [0.25, 0.3) is 22.3 Å². The molecule has 1 aromatic carbocycles. The molecular formula is C14H11ClN4O. The molecule has 2 heterocycles. The highest BCUT2D eigenvalue weighted by Gasteiger charge is 2.10. The molecule has 2 N–H and O–H groups in total. The van der Waals surface area contributed by atoms with Crippen LogP contribution in [0.5, 0.6) is 5.75 Å². The molecule has 0 saturated heterocycles. The maximum absolute atomic E-state index is 5.95. The van der Waals surface area contributed by atoms with Crippen molar-refractivity contribution in [1.29, 1.82) is 0 Å². The van der Waals surface area contributed by atoms with Crippen LogP contribution < -0.4 is 10.5 Å². The first-order chi connectivity index (χ1) is 9.67. The number of benzene rings is 1. The lowest BCUT2D eigenvalue weighted by atomic mass is 10.1. The number of halogens is 1. The standard InChI is InChI=1S/C14H11ClN4O/c1-20-9-4-2-8(3-5-9)12-13-10(17-14(16)19-12)6-7-11(15)18-13/h2-7H,1H3,(H2,16,17,19). The average Bonchev–Trinajstić information content (AvgIpc) is 2.47. The summed E-state index contributed by atoms with van der Waals surface area (Å²) in [5, 5.41) is 0.389. The van der Waals surface area contributed by atoms with Gasteiger partial charge in [-0.15, -0.1) is 0 Å². The molecule has 0 unspecified atom stereocenters. The van der Waals surface area contributed by atoms with Crippen LogP contribution in [0, 0.1) is 0 Å². The summed E-state index contributed by atoms with van der Waals surface area (Å²) in [7, 11) is 1.62. The van der Waals surface area contributed by atoms with Gasteiger partial charge in [0.2, 0.25) is 5.95 Å². The minimum Gasteiger partial charge on any atom is -0.497 e. The van der Waals surface area contributed by atoms with Gasteiger partial charge in [0.05, 0.1) is 12.6 Å². The Labute approximate surface area is 120 Å². The molecule has 20 heavy (non-hydrogen) atoms. The smallest absolute Gasteiger partial charge is 0.221 e. The number of methoxy groups -OCH3 is 1. The first-order valence-corrected chi connectivity index (χ1v) is 6.29. The summed E-state index contributed by atoms with van der Waals surface area (Å²) in [6, 6.07) is 10.9. The maximum atomic E-state index is 5.95.